The van der Waals surface area contributed by atoms with E-state index in [1.165, 1.54) is 0 Å². The van der Waals surface area contributed by atoms with Gasteiger partial charge in [-0.1, -0.05) is 13.0 Å². The van der Waals surface area contributed by atoms with E-state index < -0.39 is 0 Å². The molecule has 7 heteroatoms. The van der Waals surface area contributed by atoms with Crippen molar-refractivity contribution in [3.05, 3.63) is 54.1 Å². The first kappa shape index (κ1) is 20.7. The second-order valence-electron chi connectivity index (χ2n) is 7.58. The Bertz CT molecular complexity index is 869. The molecule has 0 aliphatic carbocycles. The van der Waals surface area contributed by atoms with E-state index in [1.54, 1.807) is 55.6 Å². The Balaban J connectivity index is 1.51. The number of methoxy groups -OCH3 is 1. The summed E-state index contributed by atoms with van der Waals surface area (Å²) in [6.07, 6.45) is 0.916. The summed E-state index contributed by atoms with van der Waals surface area (Å²) in [6, 6.07) is 13.9. The van der Waals surface area contributed by atoms with Crippen LogP contribution in [0.5, 0.6) is 11.5 Å². The van der Waals surface area contributed by atoms with Crippen molar-refractivity contribution in [2.24, 2.45) is 11.1 Å². The fourth-order valence-corrected chi connectivity index (χ4v) is 3.29. The molecule has 154 valence electrons. The first-order valence-electron chi connectivity index (χ1n) is 9.58. The second kappa shape index (κ2) is 8.96. The van der Waals surface area contributed by atoms with E-state index in [0.29, 0.717) is 35.8 Å². The molecule has 1 unspecified atom stereocenters. The van der Waals surface area contributed by atoms with Crippen molar-refractivity contribution in [2.75, 3.05) is 38.7 Å². The minimum atomic E-state index is -0.281. The molecule has 3 N–H and O–H groups in total. The van der Waals surface area contributed by atoms with Crippen LogP contribution in [0.3, 0.4) is 0 Å². The van der Waals surface area contributed by atoms with Gasteiger partial charge in [-0.05, 0) is 54.8 Å². The third kappa shape index (κ3) is 5.26. The molecule has 0 saturated carbocycles. The maximum absolute atomic E-state index is 12.7. The number of carbonyl (C=O) groups excluding carboxylic acids is 2. The van der Waals surface area contributed by atoms with Crippen LogP contribution in [0.25, 0.3) is 0 Å². The maximum Gasteiger partial charge on any atom is 0.262 e. The van der Waals surface area contributed by atoms with Gasteiger partial charge in [-0.2, -0.15) is 0 Å². The Hall–Kier alpha value is -3.06. The smallest absolute Gasteiger partial charge is 0.262 e. The number of ether oxygens (including phenoxy) is 2. The lowest BCUT2D eigenvalue weighted by atomic mass is 9.90. The number of nitrogens with one attached hydrogen (secondary N) is 1. The molecule has 1 heterocycles. The standard InChI is InChI=1S/C22H27N3O4/c1-22(14-23)10-11-25(15-22)21(27)16-6-8-18(9-7-16)29-13-20(26)24-17-4-3-5-19(12-17)28-2/h3-9,12H,10-11,13-15,23H2,1-2H3,(H,24,26). The average Bonchev–Trinajstić information content (AvgIpc) is 3.15. The molecule has 0 bridgehead atoms. The molecule has 0 radical (unpaired) electrons. The summed E-state index contributed by atoms with van der Waals surface area (Å²) in [5.41, 5.74) is 7.04. The van der Waals surface area contributed by atoms with Crippen LogP contribution in [0.4, 0.5) is 5.69 Å². The SMILES string of the molecule is COc1cccc(NC(=O)COc2ccc(C(=O)N3CCC(C)(CN)C3)cc2)c1. The van der Waals surface area contributed by atoms with Gasteiger partial charge in [-0.15, -0.1) is 0 Å². The minimum absolute atomic E-state index is 0.00511. The number of carbonyl (C=O) groups is 2. The highest BCUT2D eigenvalue weighted by Crippen LogP contribution is 2.29. The minimum Gasteiger partial charge on any atom is -0.497 e. The summed E-state index contributed by atoms with van der Waals surface area (Å²) in [6.45, 7) is 3.93. The molecule has 0 aromatic heterocycles. The lowest BCUT2D eigenvalue weighted by molar-refractivity contribution is -0.118. The zero-order chi connectivity index (χ0) is 20.9. The first-order valence-corrected chi connectivity index (χ1v) is 9.58. The van der Waals surface area contributed by atoms with Crippen LogP contribution >= 0.6 is 0 Å². The van der Waals surface area contributed by atoms with Crippen molar-refractivity contribution < 1.29 is 19.1 Å². The van der Waals surface area contributed by atoms with Crippen molar-refractivity contribution in [1.82, 2.24) is 4.90 Å². The molecule has 2 aromatic rings. The van der Waals surface area contributed by atoms with Crippen molar-refractivity contribution >= 4 is 17.5 Å². The number of benzene rings is 2. The van der Waals surface area contributed by atoms with Gasteiger partial charge in [0, 0.05) is 30.4 Å². The molecule has 1 fully saturated rings. The Morgan fingerprint density at radius 1 is 1.17 bits per heavy atom. The van der Waals surface area contributed by atoms with Gasteiger partial charge >= 0.3 is 0 Å². The first-order chi connectivity index (χ1) is 13.9. The number of hydrogen-bond donors (Lipinski definition) is 2. The van der Waals surface area contributed by atoms with Crippen molar-refractivity contribution in [3.63, 3.8) is 0 Å². The van der Waals surface area contributed by atoms with E-state index >= 15 is 0 Å². The normalized spacial score (nSPS) is 18.4. The number of rotatable bonds is 7. The van der Waals surface area contributed by atoms with Crippen molar-refractivity contribution in [3.8, 4) is 11.5 Å². The number of hydrogen-bond acceptors (Lipinski definition) is 5. The fourth-order valence-electron chi connectivity index (χ4n) is 3.29. The summed E-state index contributed by atoms with van der Waals surface area (Å²) in [5, 5.41) is 2.75. The molecule has 2 aromatic carbocycles. The van der Waals surface area contributed by atoms with Crippen LogP contribution in [0.2, 0.25) is 0 Å². The average molecular weight is 397 g/mol. The zero-order valence-corrected chi connectivity index (χ0v) is 16.8. The van der Waals surface area contributed by atoms with E-state index in [9.17, 15) is 9.59 Å². The topological polar surface area (TPSA) is 93.9 Å². The molecule has 1 aliphatic heterocycles. The van der Waals surface area contributed by atoms with Gasteiger partial charge in [0.15, 0.2) is 6.61 Å². The predicted molar refractivity (Wildman–Crippen MR) is 111 cm³/mol. The van der Waals surface area contributed by atoms with Gasteiger partial charge in [0.25, 0.3) is 11.8 Å². The van der Waals surface area contributed by atoms with Gasteiger partial charge in [0.05, 0.1) is 7.11 Å². The third-order valence-corrected chi connectivity index (χ3v) is 5.16. The molecular weight excluding hydrogens is 370 g/mol. The highest BCUT2D eigenvalue weighted by molar-refractivity contribution is 5.94. The molecule has 7 nitrogen and oxygen atoms in total. The summed E-state index contributed by atoms with van der Waals surface area (Å²) >= 11 is 0. The van der Waals surface area contributed by atoms with Gasteiger partial charge in [-0.3, -0.25) is 9.59 Å². The lowest BCUT2D eigenvalue weighted by Gasteiger charge is -2.22. The summed E-state index contributed by atoms with van der Waals surface area (Å²) in [7, 11) is 1.57. The summed E-state index contributed by atoms with van der Waals surface area (Å²) < 4.78 is 10.7. The Morgan fingerprint density at radius 3 is 2.59 bits per heavy atom. The van der Waals surface area contributed by atoms with Crippen LogP contribution in [-0.2, 0) is 4.79 Å². The van der Waals surface area contributed by atoms with E-state index in [2.05, 4.69) is 12.2 Å². The van der Waals surface area contributed by atoms with Crippen LogP contribution < -0.4 is 20.5 Å². The lowest BCUT2D eigenvalue weighted by Crippen LogP contribution is -2.34. The zero-order valence-electron chi connectivity index (χ0n) is 16.8. The molecule has 0 spiro atoms. The largest absolute Gasteiger partial charge is 0.497 e. The molecule has 1 saturated heterocycles. The fraction of sp³-hybridized carbons (Fsp3) is 0.364. The third-order valence-electron chi connectivity index (χ3n) is 5.16. The number of likely N-dealkylation sites (tertiary alicyclic amines) is 1. The number of nitrogens with two attached hydrogens (primary N) is 1. The highest BCUT2D eigenvalue weighted by Gasteiger charge is 2.35. The number of amides is 2. The van der Waals surface area contributed by atoms with Gasteiger partial charge in [-0.25, -0.2) is 0 Å². The molecule has 1 atom stereocenters. The van der Waals surface area contributed by atoms with Gasteiger partial charge < -0.3 is 25.4 Å². The Morgan fingerprint density at radius 2 is 1.93 bits per heavy atom. The molecule has 2 amide bonds. The van der Waals surface area contributed by atoms with Crippen LogP contribution in [0.15, 0.2) is 48.5 Å². The van der Waals surface area contributed by atoms with Crippen LogP contribution in [-0.4, -0.2) is 50.1 Å². The Kier molecular flexibility index (Phi) is 6.39. The van der Waals surface area contributed by atoms with E-state index in [0.717, 1.165) is 13.0 Å². The van der Waals surface area contributed by atoms with Gasteiger partial charge in [0.2, 0.25) is 0 Å². The van der Waals surface area contributed by atoms with E-state index in [-0.39, 0.29) is 23.8 Å². The van der Waals surface area contributed by atoms with E-state index in [1.807, 2.05) is 4.90 Å². The van der Waals surface area contributed by atoms with Crippen molar-refractivity contribution in [1.29, 1.82) is 0 Å². The Labute approximate surface area is 170 Å². The van der Waals surface area contributed by atoms with Crippen LogP contribution in [0.1, 0.15) is 23.7 Å². The van der Waals surface area contributed by atoms with Crippen LogP contribution in [0, 0.1) is 5.41 Å². The summed E-state index contributed by atoms with van der Waals surface area (Å²) in [5.74, 6) is 0.894. The quantitative estimate of drug-likeness (QED) is 0.749. The predicted octanol–water partition coefficient (Wildman–Crippen LogP) is 2.52. The van der Waals surface area contributed by atoms with Crippen molar-refractivity contribution in [2.45, 2.75) is 13.3 Å². The molecular formula is C22H27N3O4. The highest BCUT2D eigenvalue weighted by atomic mass is 16.5. The van der Waals surface area contributed by atoms with E-state index in [4.69, 9.17) is 15.2 Å². The summed E-state index contributed by atoms with van der Waals surface area (Å²) in [4.78, 5) is 26.6. The molecule has 1 aliphatic rings. The monoisotopic (exact) mass is 397 g/mol. The maximum atomic E-state index is 12.7. The molecule has 3 rings (SSSR count). The number of nitrogens with zero attached hydrogens (tertiary/aromatic N) is 1. The second-order valence-corrected chi connectivity index (χ2v) is 7.58. The number of anilines is 1. The molecule has 29 heavy (non-hydrogen) atoms. The van der Waals surface area contributed by atoms with Gasteiger partial charge in [0.1, 0.15) is 11.5 Å².